The quantitative estimate of drug-likeness (QED) is 0.191. The van der Waals surface area contributed by atoms with Crippen LogP contribution >= 0.6 is 0 Å². The number of hydrazine groups is 1. The third kappa shape index (κ3) is 16.0. The fraction of sp³-hybridized carbons (Fsp3) is 0.452. The highest BCUT2D eigenvalue weighted by Crippen LogP contribution is 2.28. The van der Waals surface area contributed by atoms with Gasteiger partial charge >= 0.3 is 24.2 Å². The number of carbonyl (C=O) groups is 5. The minimum atomic E-state index is -1.10. The second-order valence-corrected chi connectivity index (χ2v) is 11.1. The van der Waals surface area contributed by atoms with Crippen molar-refractivity contribution < 1.29 is 43.3 Å². The van der Waals surface area contributed by atoms with Crippen LogP contribution in [0.25, 0.3) is 0 Å². The lowest BCUT2D eigenvalue weighted by atomic mass is 9.98. The summed E-state index contributed by atoms with van der Waals surface area (Å²) in [6, 6.07) is 17.6. The summed E-state index contributed by atoms with van der Waals surface area (Å²) in [6.07, 6.45) is 2.58. The van der Waals surface area contributed by atoms with Crippen molar-refractivity contribution in [2.45, 2.75) is 77.7 Å². The number of carbonyl (C=O) groups excluding carboxylic acids is 4. The van der Waals surface area contributed by atoms with E-state index in [1.807, 2.05) is 60.7 Å². The third-order valence-electron chi connectivity index (χ3n) is 6.15. The molecule has 1 saturated carbocycles. The van der Waals surface area contributed by atoms with Crippen LogP contribution in [0.2, 0.25) is 0 Å². The van der Waals surface area contributed by atoms with Crippen LogP contribution in [0.3, 0.4) is 0 Å². The maximum absolute atomic E-state index is 12.6. The first-order chi connectivity index (χ1) is 20.9. The highest BCUT2D eigenvalue weighted by Gasteiger charge is 2.28. The van der Waals surface area contributed by atoms with Gasteiger partial charge < -0.3 is 30.0 Å². The maximum Gasteiger partial charge on any atom is 0.426 e. The van der Waals surface area contributed by atoms with Gasteiger partial charge in [0, 0.05) is 0 Å². The molecule has 1 fully saturated rings. The van der Waals surface area contributed by atoms with Crippen molar-refractivity contribution in [3.8, 4) is 0 Å². The average Bonchev–Trinajstić information content (AvgIpc) is 3.50. The van der Waals surface area contributed by atoms with Crippen molar-refractivity contribution in [2.75, 3.05) is 6.54 Å². The molecule has 2 aromatic carbocycles. The van der Waals surface area contributed by atoms with Crippen molar-refractivity contribution in [3.05, 3.63) is 71.8 Å². The molecule has 1 atom stereocenters. The van der Waals surface area contributed by atoms with E-state index >= 15 is 0 Å². The summed E-state index contributed by atoms with van der Waals surface area (Å²) in [7, 11) is 0. The maximum atomic E-state index is 12.6. The Morgan fingerprint density at radius 1 is 0.795 bits per heavy atom. The van der Waals surface area contributed by atoms with Gasteiger partial charge in [0.1, 0.15) is 31.4 Å². The smallest absolute Gasteiger partial charge is 0.426 e. The summed E-state index contributed by atoms with van der Waals surface area (Å²) in [6.45, 7) is 4.98. The average molecular weight is 615 g/mol. The number of nitrogens with one attached hydrogen (secondary N) is 4. The number of aliphatic carboxylic acids is 1. The Hall–Kier alpha value is -4.81. The zero-order valence-corrected chi connectivity index (χ0v) is 25.3. The second kappa shape index (κ2) is 18.7. The van der Waals surface area contributed by atoms with Gasteiger partial charge in [0.15, 0.2) is 0 Å². The summed E-state index contributed by atoms with van der Waals surface area (Å²) >= 11 is 0. The highest BCUT2D eigenvalue weighted by atomic mass is 16.6. The lowest BCUT2D eigenvalue weighted by Gasteiger charge is -2.23. The van der Waals surface area contributed by atoms with Crippen molar-refractivity contribution in [1.29, 1.82) is 0 Å². The molecule has 44 heavy (non-hydrogen) atoms. The standard InChI is InChI=1S/C21H31N3O5.C10H11NO4/c1-21(2,3)29-20(27)24-23-18(25)17(13-15-9-7-8-10-15)22-19(26)28-14-16-11-5-4-6-12-16;12-9(13)6-11-10(14)15-7-8-4-2-1-3-5-8/h4-6,11-12,15,17H,7-10,13-14H2,1-3H3,(H,22,26)(H,23,25)(H,24,27);1-5H,6-7H2,(H,11,14)(H,12,13). The van der Waals surface area contributed by atoms with Crippen molar-refractivity contribution in [3.63, 3.8) is 0 Å². The minimum Gasteiger partial charge on any atom is -0.480 e. The topological polar surface area (TPSA) is 181 Å². The second-order valence-electron chi connectivity index (χ2n) is 11.1. The molecule has 2 aromatic rings. The van der Waals surface area contributed by atoms with Crippen molar-refractivity contribution in [2.24, 2.45) is 5.92 Å². The summed E-state index contributed by atoms with van der Waals surface area (Å²) in [5.41, 5.74) is 5.57. The molecule has 4 amide bonds. The highest BCUT2D eigenvalue weighted by molar-refractivity contribution is 5.86. The molecule has 0 spiro atoms. The Labute approximate surface area is 257 Å². The van der Waals surface area contributed by atoms with E-state index in [0.29, 0.717) is 12.3 Å². The van der Waals surface area contributed by atoms with Gasteiger partial charge in [0.25, 0.3) is 5.91 Å². The fourth-order valence-corrected chi connectivity index (χ4v) is 4.14. The Kier molecular flexibility index (Phi) is 15.0. The molecule has 0 radical (unpaired) electrons. The number of amides is 4. The lowest BCUT2D eigenvalue weighted by molar-refractivity contribution is -0.135. The molecule has 240 valence electrons. The van der Waals surface area contributed by atoms with Crippen LogP contribution in [0.5, 0.6) is 0 Å². The van der Waals surface area contributed by atoms with E-state index in [4.69, 9.17) is 19.3 Å². The molecular formula is C31H42N4O9. The predicted molar refractivity (Wildman–Crippen MR) is 160 cm³/mol. The Balaban J connectivity index is 0.000000378. The Morgan fingerprint density at radius 3 is 1.82 bits per heavy atom. The number of alkyl carbamates (subject to hydrolysis) is 2. The summed E-state index contributed by atoms with van der Waals surface area (Å²) < 4.78 is 15.1. The molecule has 13 heteroatoms. The van der Waals surface area contributed by atoms with Crippen LogP contribution in [0.1, 0.15) is 64.0 Å². The number of ether oxygens (including phenoxy) is 3. The van der Waals surface area contributed by atoms with Gasteiger partial charge in [-0.2, -0.15) is 0 Å². The molecule has 0 aromatic heterocycles. The van der Waals surface area contributed by atoms with Crippen LogP contribution in [0.15, 0.2) is 60.7 Å². The summed E-state index contributed by atoms with van der Waals surface area (Å²) in [5.74, 6) is -1.27. The van der Waals surface area contributed by atoms with E-state index in [1.165, 1.54) is 0 Å². The minimum absolute atomic E-state index is 0.112. The zero-order valence-electron chi connectivity index (χ0n) is 25.3. The summed E-state index contributed by atoms with van der Waals surface area (Å²) in [5, 5.41) is 13.0. The number of hydrogen-bond donors (Lipinski definition) is 5. The van der Waals surface area contributed by atoms with Gasteiger partial charge in [0.2, 0.25) is 0 Å². The van der Waals surface area contributed by atoms with Crippen LogP contribution in [-0.2, 0) is 37.0 Å². The molecule has 1 unspecified atom stereocenters. The largest absolute Gasteiger partial charge is 0.480 e. The molecule has 13 nitrogen and oxygen atoms in total. The Bertz CT molecular complexity index is 1200. The lowest BCUT2D eigenvalue weighted by Crippen LogP contribution is -2.53. The molecule has 0 bridgehead atoms. The molecule has 1 aliphatic carbocycles. The predicted octanol–water partition coefficient (Wildman–Crippen LogP) is 4.42. The van der Waals surface area contributed by atoms with Gasteiger partial charge in [-0.15, -0.1) is 0 Å². The zero-order chi connectivity index (χ0) is 32.4. The van der Waals surface area contributed by atoms with E-state index < -0.39 is 48.3 Å². The molecule has 0 aliphatic heterocycles. The van der Waals surface area contributed by atoms with Crippen molar-refractivity contribution >= 4 is 30.2 Å². The van der Waals surface area contributed by atoms with Gasteiger partial charge in [-0.05, 0) is 44.2 Å². The van der Waals surface area contributed by atoms with Gasteiger partial charge in [0.05, 0.1) is 0 Å². The first-order valence-corrected chi connectivity index (χ1v) is 14.3. The number of rotatable bonds is 10. The number of carboxylic acid groups (broad SMARTS) is 1. The van der Waals surface area contributed by atoms with Crippen molar-refractivity contribution in [1.82, 2.24) is 21.5 Å². The van der Waals surface area contributed by atoms with E-state index in [9.17, 15) is 24.0 Å². The van der Waals surface area contributed by atoms with Crippen LogP contribution in [0, 0.1) is 5.92 Å². The van der Waals surface area contributed by atoms with Crippen LogP contribution < -0.4 is 21.5 Å². The molecule has 1 aliphatic rings. The molecule has 0 saturated heterocycles. The SMILES string of the molecule is CC(C)(C)OC(=O)NNC(=O)C(CC1CCCC1)NC(=O)OCc1ccccc1.O=C(O)CNC(=O)OCc1ccccc1. The summed E-state index contributed by atoms with van der Waals surface area (Å²) in [4.78, 5) is 57.5. The third-order valence-corrected chi connectivity index (χ3v) is 6.15. The number of carboxylic acids is 1. The monoisotopic (exact) mass is 614 g/mol. The molecular weight excluding hydrogens is 572 g/mol. The molecule has 5 N–H and O–H groups in total. The number of hydrogen-bond acceptors (Lipinski definition) is 8. The molecule has 0 heterocycles. The van der Waals surface area contributed by atoms with Crippen LogP contribution in [0.4, 0.5) is 14.4 Å². The van der Waals surface area contributed by atoms with Gasteiger partial charge in [-0.3, -0.25) is 15.0 Å². The van der Waals surface area contributed by atoms with Gasteiger partial charge in [-0.1, -0.05) is 86.3 Å². The van der Waals surface area contributed by atoms with E-state index in [1.54, 1.807) is 20.8 Å². The van der Waals surface area contributed by atoms with Gasteiger partial charge in [-0.25, -0.2) is 19.8 Å². The van der Waals surface area contributed by atoms with E-state index in [2.05, 4.69) is 21.5 Å². The first-order valence-electron chi connectivity index (χ1n) is 14.3. The fourth-order valence-electron chi connectivity index (χ4n) is 4.14. The first kappa shape index (κ1) is 35.4. The Morgan fingerprint density at radius 2 is 1.32 bits per heavy atom. The van der Waals surface area contributed by atoms with E-state index in [-0.39, 0.29) is 13.2 Å². The normalized spacial score (nSPS) is 13.2. The molecule has 3 rings (SSSR count). The van der Waals surface area contributed by atoms with E-state index in [0.717, 1.165) is 36.8 Å². The number of benzene rings is 2. The van der Waals surface area contributed by atoms with Crippen LogP contribution in [-0.4, -0.2) is 53.5 Å².